The van der Waals surface area contributed by atoms with Crippen molar-refractivity contribution in [2.24, 2.45) is 5.92 Å². The van der Waals surface area contributed by atoms with Crippen LogP contribution in [0, 0.1) is 29.9 Å². The quantitative estimate of drug-likeness (QED) is 0.0982. The number of carbonyl (C=O) groups is 1. The summed E-state index contributed by atoms with van der Waals surface area (Å²) in [6.45, 7) is 6.76. The smallest absolute Gasteiger partial charge is 0.410 e. The Bertz CT molecular complexity index is 2420. The van der Waals surface area contributed by atoms with Crippen molar-refractivity contribution in [3.05, 3.63) is 47.2 Å². The largest absolute Gasteiger partial charge is 0.468 e. The van der Waals surface area contributed by atoms with Gasteiger partial charge in [0.15, 0.2) is 12.6 Å². The van der Waals surface area contributed by atoms with E-state index < -0.39 is 41.3 Å². The number of piperazine rings is 1. The van der Waals surface area contributed by atoms with Crippen LogP contribution in [0.15, 0.2) is 24.3 Å². The maximum atomic E-state index is 17.7. The van der Waals surface area contributed by atoms with Gasteiger partial charge in [0, 0.05) is 37.6 Å². The Balaban J connectivity index is 1.19. The van der Waals surface area contributed by atoms with E-state index in [2.05, 4.69) is 15.7 Å². The number of pyridine rings is 1. The molecule has 4 saturated heterocycles. The molecule has 4 aromatic rings. The summed E-state index contributed by atoms with van der Waals surface area (Å²) in [5, 5.41) is 1.14. The highest BCUT2D eigenvalue weighted by atomic mass is 19.4. The summed E-state index contributed by atoms with van der Waals surface area (Å²) in [7, 11) is 1.46. The van der Waals surface area contributed by atoms with Crippen LogP contribution in [-0.2, 0) is 15.9 Å². The van der Waals surface area contributed by atoms with Gasteiger partial charge in [0.1, 0.15) is 40.8 Å². The standard InChI is InChI=1S/C44H47F5N6O5/c1-6-28-30(45)10-8-25-16-27(59-23-57-5)17-29(34(25)28)37-36(46)38-35-31(50-37)11-13-32-33-12-9-26(55(33)41(56)60-42(2,3)4)21-54(32)39(35)52-40(51-38)58-22-43-14-7-15-53(43)20-24(18-43)19-44(47,48)49/h1,8,10,16-17,24,26,32-33H,7,9,11-15,18-23H2,2-5H3/t24-,26-,32-,33+,43+/m1/s1. The number of anilines is 1. The molecule has 5 atom stereocenters. The van der Waals surface area contributed by atoms with Gasteiger partial charge in [-0.3, -0.25) is 9.80 Å². The number of methoxy groups -OCH3 is 1. The summed E-state index contributed by atoms with van der Waals surface area (Å²) >= 11 is 0. The molecule has 9 rings (SSSR count). The average Bonchev–Trinajstić information content (AvgIpc) is 3.80. The van der Waals surface area contributed by atoms with Gasteiger partial charge in [-0.1, -0.05) is 12.0 Å². The molecular weight excluding hydrogens is 788 g/mol. The molecule has 2 bridgehead atoms. The normalized spacial score (nSPS) is 25.0. The van der Waals surface area contributed by atoms with Crippen LogP contribution >= 0.6 is 0 Å². The number of hydrogen-bond acceptors (Lipinski definition) is 10. The number of terminal acetylenes is 1. The third kappa shape index (κ3) is 7.10. The fraction of sp³-hybridized carbons (Fsp3) is 0.545. The molecule has 11 nitrogen and oxygen atoms in total. The molecule has 5 aliphatic rings. The summed E-state index contributed by atoms with van der Waals surface area (Å²) in [5.74, 6) is 1.10. The number of aryl methyl sites for hydroxylation is 1. The number of halogens is 5. The van der Waals surface area contributed by atoms with Crippen molar-refractivity contribution in [2.75, 3.05) is 45.0 Å². The van der Waals surface area contributed by atoms with E-state index >= 15 is 8.78 Å². The lowest BCUT2D eigenvalue weighted by atomic mass is 9.89. The number of fused-ring (bicyclic) bond motifs is 7. The van der Waals surface area contributed by atoms with Gasteiger partial charge >= 0.3 is 18.3 Å². The Hall–Kier alpha value is -5.01. The number of carbonyl (C=O) groups excluding carboxylic acids is 1. The minimum Gasteiger partial charge on any atom is -0.468 e. The molecule has 2 aromatic heterocycles. The number of ether oxygens (including phenoxy) is 4. The molecule has 1 amide bonds. The number of nitrogens with zero attached hydrogens (tertiary/aromatic N) is 6. The van der Waals surface area contributed by atoms with Crippen molar-refractivity contribution in [1.29, 1.82) is 0 Å². The average molecular weight is 835 g/mol. The lowest BCUT2D eigenvalue weighted by Crippen LogP contribution is -2.62. The number of aromatic nitrogens is 3. The van der Waals surface area contributed by atoms with Crippen molar-refractivity contribution >= 4 is 33.6 Å². The molecule has 4 fully saturated rings. The molecule has 0 unspecified atom stereocenters. The third-order valence-electron chi connectivity index (χ3n) is 12.8. The minimum absolute atomic E-state index is 0.0220. The monoisotopic (exact) mass is 834 g/mol. The highest BCUT2D eigenvalue weighted by Crippen LogP contribution is 2.48. The molecule has 0 saturated carbocycles. The Labute approximate surface area is 344 Å². The maximum absolute atomic E-state index is 17.7. The topological polar surface area (TPSA) is 102 Å². The zero-order valence-corrected chi connectivity index (χ0v) is 34.0. The van der Waals surface area contributed by atoms with Crippen LogP contribution in [0.4, 0.5) is 32.6 Å². The first-order chi connectivity index (χ1) is 28.6. The van der Waals surface area contributed by atoms with Gasteiger partial charge in [0.05, 0.1) is 40.3 Å². The fourth-order valence-electron chi connectivity index (χ4n) is 10.6. The maximum Gasteiger partial charge on any atom is 0.410 e. The fourth-order valence-corrected chi connectivity index (χ4v) is 10.6. The molecule has 318 valence electrons. The second kappa shape index (κ2) is 14.9. The van der Waals surface area contributed by atoms with Crippen molar-refractivity contribution in [1.82, 2.24) is 24.8 Å². The highest BCUT2D eigenvalue weighted by molar-refractivity contribution is 6.03. The lowest BCUT2D eigenvalue weighted by Gasteiger charge is -2.47. The first-order valence-electron chi connectivity index (χ1n) is 20.5. The molecule has 0 aliphatic carbocycles. The van der Waals surface area contributed by atoms with Gasteiger partial charge in [-0.25, -0.2) is 18.6 Å². The van der Waals surface area contributed by atoms with Crippen LogP contribution in [0.3, 0.4) is 0 Å². The second-order valence-corrected chi connectivity index (χ2v) is 17.9. The summed E-state index contributed by atoms with van der Waals surface area (Å²) in [4.78, 5) is 34.4. The van der Waals surface area contributed by atoms with E-state index in [4.69, 9.17) is 40.3 Å². The zero-order valence-electron chi connectivity index (χ0n) is 34.0. The molecule has 0 radical (unpaired) electrons. The molecule has 60 heavy (non-hydrogen) atoms. The summed E-state index contributed by atoms with van der Waals surface area (Å²) < 4.78 is 96.9. The number of alkyl halides is 3. The molecule has 0 spiro atoms. The van der Waals surface area contributed by atoms with Crippen molar-refractivity contribution in [2.45, 2.75) is 108 Å². The number of benzene rings is 2. The summed E-state index contributed by atoms with van der Waals surface area (Å²) in [6, 6.07) is 5.17. The molecule has 0 N–H and O–H groups in total. The highest BCUT2D eigenvalue weighted by Gasteiger charge is 2.53. The van der Waals surface area contributed by atoms with Gasteiger partial charge in [0.2, 0.25) is 0 Å². The van der Waals surface area contributed by atoms with Gasteiger partial charge in [-0.2, -0.15) is 23.1 Å². The Kier molecular flexibility index (Phi) is 10.0. The van der Waals surface area contributed by atoms with Gasteiger partial charge in [-0.15, -0.1) is 6.42 Å². The predicted molar refractivity (Wildman–Crippen MR) is 213 cm³/mol. The van der Waals surface area contributed by atoms with E-state index in [0.29, 0.717) is 73.4 Å². The van der Waals surface area contributed by atoms with Crippen molar-refractivity contribution in [3.8, 4) is 35.4 Å². The Morgan fingerprint density at radius 3 is 2.58 bits per heavy atom. The molecule has 5 aliphatic heterocycles. The molecule has 16 heteroatoms. The first kappa shape index (κ1) is 40.4. The number of hydrogen-bond donors (Lipinski definition) is 0. The van der Waals surface area contributed by atoms with Crippen LogP contribution in [0.5, 0.6) is 11.8 Å². The van der Waals surface area contributed by atoms with E-state index in [1.165, 1.54) is 19.2 Å². The molecular formula is C44H47F5N6O5. The van der Waals surface area contributed by atoms with E-state index in [-0.39, 0.29) is 71.4 Å². The van der Waals surface area contributed by atoms with Crippen LogP contribution < -0.4 is 14.4 Å². The number of rotatable bonds is 8. The summed E-state index contributed by atoms with van der Waals surface area (Å²) in [5.41, 5.74) is -0.943. The second-order valence-electron chi connectivity index (χ2n) is 17.9. The molecule has 2 aromatic carbocycles. The summed E-state index contributed by atoms with van der Waals surface area (Å²) in [6.07, 6.45) is 4.44. The van der Waals surface area contributed by atoms with E-state index in [0.717, 1.165) is 19.3 Å². The first-order valence-corrected chi connectivity index (χ1v) is 20.5. The number of amides is 1. The van der Waals surface area contributed by atoms with Crippen molar-refractivity contribution in [3.63, 3.8) is 0 Å². The van der Waals surface area contributed by atoms with Crippen LogP contribution in [0.2, 0.25) is 0 Å². The minimum atomic E-state index is -4.28. The van der Waals surface area contributed by atoms with E-state index in [1.807, 2.05) is 25.7 Å². The lowest BCUT2D eigenvalue weighted by molar-refractivity contribution is -0.143. The predicted octanol–water partition coefficient (Wildman–Crippen LogP) is 8.18. The Morgan fingerprint density at radius 1 is 1.02 bits per heavy atom. The third-order valence-corrected chi connectivity index (χ3v) is 12.8. The van der Waals surface area contributed by atoms with Gasteiger partial charge in [0.25, 0.3) is 0 Å². The van der Waals surface area contributed by atoms with E-state index in [9.17, 15) is 18.0 Å². The van der Waals surface area contributed by atoms with Gasteiger partial charge < -0.3 is 23.8 Å². The van der Waals surface area contributed by atoms with Crippen LogP contribution in [0.1, 0.15) is 77.0 Å². The van der Waals surface area contributed by atoms with Gasteiger partial charge in [-0.05, 0) is 102 Å². The zero-order chi connectivity index (χ0) is 42.3. The molecule has 7 heterocycles. The van der Waals surface area contributed by atoms with Crippen LogP contribution in [-0.4, -0.2) is 106 Å². The Morgan fingerprint density at radius 2 is 1.83 bits per heavy atom. The van der Waals surface area contributed by atoms with E-state index in [1.54, 1.807) is 12.1 Å². The van der Waals surface area contributed by atoms with Crippen molar-refractivity contribution < 1.29 is 45.7 Å². The SMILES string of the molecule is C#Cc1c(F)ccc2cc(OCOC)cc(-c3nc4c5c(nc(OC[C@@]67CCCN6C[C@@H](CC(F)(F)F)C7)nc5c3F)N3C[C@H]5CC[C@@H]([C@H]3CC4)N5C(=O)OC(C)(C)C)c12. The van der Waals surface area contributed by atoms with Crippen LogP contribution in [0.25, 0.3) is 32.9 Å².